The number of carbonyl (C=O) groups is 1. The molecule has 2 aromatic rings. The summed E-state index contributed by atoms with van der Waals surface area (Å²) >= 11 is 6.19. The molecule has 0 saturated heterocycles. The van der Waals surface area contributed by atoms with E-state index in [1.165, 1.54) is 18.2 Å². The molecule has 0 unspecified atom stereocenters. The number of carbonyl (C=O) groups excluding carboxylic acids is 1. The Kier molecular flexibility index (Phi) is 5.34. The van der Waals surface area contributed by atoms with E-state index in [-0.39, 0.29) is 28.2 Å². The van der Waals surface area contributed by atoms with Crippen molar-refractivity contribution in [1.29, 1.82) is 0 Å². The van der Waals surface area contributed by atoms with Gasteiger partial charge in [0.05, 0.1) is 22.9 Å². The minimum Gasteiger partial charge on any atom is -0.487 e. The van der Waals surface area contributed by atoms with Gasteiger partial charge < -0.3 is 10.1 Å². The van der Waals surface area contributed by atoms with Crippen LogP contribution in [0.2, 0.25) is 5.02 Å². The van der Waals surface area contributed by atoms with Gasteiger partial charge in [-0.25, -0.2) is 8.42 Å². The van der Waals surface area contributed by atoms with Gasteiger partial charge in [0.15, 0.2) is 0 Å². The van der Waals surface area contributed by atoms with Crippen LogP contribution in [0.1, 0.15) is 47.8 Å². The van der Waals surface area contributed by atoms with Crippen LogP contribution in [0.3, 0.4) is 0 Å². The van der Waals surface area contributed by atoms with E-state index in [2.05, 4.69) is 10.0 Å². The highest BCUT2D eigenvalue weighted by Crippen LogP contribution is 2.40. The molecule has 28 heavy (non-hydrogen) atoms. The molecule has 0 aliphatic carbocycles. The predicted molar refractivity (Wildman–Crippen MR) is 111 cm³/mol. The Morgan fingerprint density at radius 1 is 1.21 bits per heavy atom. The molecule has 0 aromatic heterocycles. The summed E-state index contributed by atoms with van der Waals surface area (Å²) in [5, 5.41) is 3.26. The first-order valence-electron chi connectivity index (χ1n) is 8.81. The summed E-state index contributed by atoms with van der Waals surface area (Å²) in [7, 11) is -3.46. The highest BCUT2D eigenvalue weighted by molar-refractivity contribution is 7.92. The van der Waals surface area contributed by atoms with E-state index >= 15 is 0 Å². The Labute approximate surface area is 170 Å². The van der Waals surface area contributed by atoms with Crippen molar-refractivity contribution in [3.05, 3.63) is 58.1 Å². The SMILES string of the molecule is Cc1ccc2c(c1)OC(C)(C)C[C@@H]2NC(=O)c1cc(NS(C)(=O)=O)ccc1Cl. The molecule has 0 saturated carbocycles. The second-order valence-corrected chi connectivity index (χ2v) is 9.86. The number of anilines is 1. The van der Waals surface area contributed by atoms with E-state index in [1.807, 2.05) is 39.0 Å². The van der Waals surface area contributed by atoms with Crippen LogP contribution in [0.5, 0.6) is 5.75 Å². The van der Waals surface area contributed by atoms with Crippen LogP contribution >= 0.6 is 11.6 Å². The Balaban J connectivity index is 1.90. The normalized spacial score (nSPS) is 18.0. The largest absolute Gasteiger partial charge is 0.487 e. The molecular formula is C20H23ClN2O4S. The molecule has 8 heteroatoms. The minimum atomic E-state index is -3.46. The van der Waals surface area contributed by atoms with Gasteiger partial charge in [-0.15, -0.1) is 0 Å². The first-order valence-corrected chi connectivity index (χ1v) is 11.1. The number of hydrogen-bond donors (Lipinski definition) is 2. The van der Waals surface area contributed by atoms with Gasteiger partial charge in [0.25, 0.3) is 5.91 Å². The fraction of sp³-hybridized carbons (Fsp3) is 0.350. The zero-order chi connectivity index (χ0) is 20.7. The maximum Gasteiger partial charge on any atom is 0.253 e. The van der Waals surface area contributed by atoms with E-state index in [9.17, 15) is 13.2 Å². The average Bonchev–Trinajstić information content (AvgIpc) is 2.53. The van der Waals surface area contributed by atoms with Crippen LogP contribution < -0.4 is 14.8 Å². The van der Waals surface area contributed by atoms with Gasteiger partial charge in [-0.2, -0.15) is 0 Å². The van der Waals surface area contributed by atoms with E-state index < -0.39 is 15.6 Å². The number of rotatable bonds is 4. The molecule has 2 aromatic carbocycles. The van der Waals surface area contributed by atoms with Crippen LogP contribution in [-0.4, -0.2) is 26.2 Å². The molecule has 1 atom stereocenters. The van der Waals surface area contributed by atoms with Crippen molar-refractivity contribution < 1.29 is 17.9 Å². The second-order valence-electron chi connectivity index (χ2n) is 7.70. The molecule has 2 N–H and O–H groups in total. The van der Waals surface area contributed by atoms with Gasteiger partial charge >= 0.3 is 0 Å². The minimum absolute atomic E-state index is 0.202. The monoisotopic (exact) mass is 422 g/mol. The highest BCUT2D eigenvalue weighted by Gasteiger charge is 2.35. The number of sulfonamides is 1. The Morgan fingerprint density at radius 2 is 1.93 bits per heavy atom. The fourth-order valence-corrected chi connectivity index (χ4v) is 4.06. The van der Waals surface area contributed by atoms with Gasteiger partial charge in [-0.1, -0.05) is 23.7 Å². The summed E-state index contributed by atoms with van der Waals surface area (Å²) in [6.07, 6.45) is 1.64. The molecule has 0 fully saturated rings. The van der Waals surface area contributed by atoms with Gasteiger partial charge in [0.1, 0.15) is 11.4 Å². The number of benzene rings is 2. The number of hydrogen-bond acceptors (Lipinski definition) is 4. The molecule has 3 rings (SSSR count). The predicted octanol–water partition coefficient (Wildman–Crippen LogP) is 4.05. The van der Waals surface area contributed by atoms with Crippen LogP contribution in [0.4, 0.5) is 5.69 Å². The molecule has 0 spiro atoms. The Morgan fingerprint density at radius 3 is 2.61 bits per heavy atom. The van der Waals surface area contributed by atoms with Crippen LogP contribution in [0, 0.1) is 6.92 Å². The third-order valence-electron chi connectivity index (χ3n) is 4.45. The molecular weight excluding hydrogens is 400 g/mol. The molecule has 0 radical (unpaired) electrons. The Hall–Kier alpha value is -2.25. The van der Waals surface area contributed by atoms with Crippen LogP contribution in [-0.2, 0) is 10.0 Å². The quantitative estimate of drug-likeness (QED) is 0.778. The number of halogens is 1. The van der Waals surface area contributed by atoms with Gasteiger partial charge in [-0.05, 0) is 50.6 Å². The summed E-state index contributed by atoms with van der Waals surface area (Å²) < 4.78 is 31.3. The maximum absolute atomic E-state index is 12.9. The summed E-state index contributed by atoms with van der Waals surface area (Å²) in [4.78, 5) is 12.9. The van der Waals surface area contributed by atoms with Crippen molar-refractivity contribution in [2.75, 3.05) is 11.0 Å². The number of aryl methyl sites for hydroxylation is 1. The maximum atomic E-state index is 12.9. The van der Waals surface area contributed by atoms with Gasteiger partial charge in [0, 0.05) is 17.7 Å². The molecule has 1 heterocycles. The van der Waals surface area contributed by atoms with E-state index in [4.69, 9.17) is 16.3 Å². The molecule has 6 nitrogen and oxygen atoms in total. The fourth-order valence-electron chi connectivity index (χ4n) is 3.30. The summed E-state index contributed by atoms with van der Waals surface area (Å²) in [6, 6.07) is 10.1. The zero-order valence-electron chi connectivity index (χ0n) is 16.2. The van der Waals surface area contributed by atoms with Crippen molar-refractivity contribution >= 4 is 33.2 Å². The lowest BCUT2D eigenvalue weighted by Gasteiger charge is -2.38. The lowest BCUT2D eigenvalue weighted by Crippen LogP contribution is -2.41. The Bertz CT molecular complexity index is 1030. The standard InChI is InChI=1S/C20H23ClN2O4S/c1-12-5-7-14-17(11-20(2,3)27-18(14)9-12)22-19(24)15-10-13(6-8-16(15)21)23-28(4,25)26/h5-10,17,23H,11H2,1-4H3,(H,22,24)/t17-/m0/s1. The first-order chi connectivity index (χ1) is 12.9. The topological polar surface area (TPSA) is 84.5 Å². The second kappa shape index (κ2) is 7.29. The molecule has 150 valence electrons. The number of fused-ring (bicyclic) bond motifs is 1. The molecule has 0 bridgehead atoms. The van der Waals surface area contributed by atoms with Crippen LogP contribution in [0.25, 0.3) is 0 Å². The summed E-state index contributed by atoms with van der Waals surface area (Å²) in [5.41, 5.74) is 2.01. The van der Waals surface area contributed by atoms with Gasteiger partial charge in [-0.3, -0.25) is 9.52 Å². The van der Waals surface area contributed by atoms with Crippen LogP contribution in [0.15, 0.2) is 36.4 Å². The third-order valence-corrected chi connectivity index (χ3v) is 5.38. The van der Waals surface area contributed by atoms with E-state index in [0.29, 0.717) is 6.42 Å². The first kappa shape index (κ1) is 20.5. The number of nitrogens with one attached hydrogen (secondary N) is 2. The smallest absolute Gasteiger partial charge is 0.253 e. The molecule has 1 aliphatic rings. The van der Waals surface area contributed by atoms with Crippen molar-refractivity contribution in [1.82, 2.24) is 5.32 Å². The van der Waals surface area contributed by atoms with Crippen molar-refractivity contribution in [3.63, 3.8) is 0 Å². The van der Waals surface area contributed by atoms with Crippen molar-refractivity contribution in [3.8, 4) is 5.75 Å². The number of amides is 1. The van der Waals surface area contributed by atoms with Crippen molar-refractivity contribution in [2.45, 2.75) is 38.8 Å². The lowest BCUT2D eigenvalue weighted by molar-refractivity contribution is 0.0619. The lowest BCUT2D eigenvalue weighted by atomic mass is 9.89. The van der Waals surface area contributed by atoms with E-state index in [1.54, 1.807) is 0 Å². The van der Waals surface area contributed by atoms with Gasteiger partial charge in [0.2, 0.25) is 10.0 Å². The van der Waals surface area contributed by atoms with Crippen molar-refractivity contribution in [2.24, 2.45) is 0 Å². The summed E-state index contributed by atoms with van der Waals surface area (Å²) in [6.45, 7) is 5.93. The third kappa shape index (κ3) is 4.77. The van der Waals surface area contributed by atoms with E-state index in [0.717, 1.165) is 23.1 Å². The highest BCUT2D eigenvalue weighted by atomic mass is 35.5. The number of ether oxygens (including phenoxy) is 1. The molecule has 1 aliphatic heterocycles. The summed E-state index contributed by atoms with van der Waals surface area (Å²) in [5.74, 6) is 0.372. The molecule has 1 amide bonds. The zero-order valence-corrected chi connectivity index (χ0v) is 17.7. The average molecular weight is 423 g/mol.